The fourth-order valence-electron chi connectivity index (χ4n) is 15.6. The lowest BCUT2D eigenvalue weighted by Gasteiger charge is -2.45. The molecular weight excluding hydrogens is 1220 g/mol. The first-order valence-electron chi connectivity index (χ1n) is 36.4. The summed E-state index contributed by atoms with van der Waals surface area (Å²) >= 11 is 0. The van der Waals surface area contributed by atoms with Crippen LogP contribution >= 0.6 is 0 Å². The van der Waals surface area contributed by atoms with E-state index in [4.69, 9.17) is 8.83 Å². The molecule has 4 nitrogen and oxygen atoms in total. The first kappa shape index (κ1) is 65.5. The number of fused-ring (bicyclic) bond motifs is 10. The summed E-state index contributed by atoms with van der Waals surface area (Å²) in [6.45, 7) is 41.8. The van der Waals surface area contributed by atoms with Crippen LogP contribution in [0.4, 0.5) is 34.1 Å². The van der Waals surface area contributed by atoms with Crippen molar-refractivity contribution < 1.29 is 8.83 Å². The van der Waals surface area contributed by atoms with Crippen molar-refractivity contribution in [2.45, 2.75) is 157 Å². The monoisotopic (exact) mass is 1320 g/mol. The molecule has 5 heteroatoms. The molecule has 0 saturated heterocycles. The maximum atomic E-state index is 7.12. The molecule has 14 aromatic rings. The van der Waals surface area contributed by atoms with Gasteiger partial charge in [-0.1, -0.05) is 288 Å². The Bertz CT molecular complexity index is 5260. The van der Waals surface area contributed by atoms with Gasteiger partial charge in [0.1, 0.15) is 22.3 Å². The van der Waals surface area contributed by atoms with Gasteiger partial charge < -0.3 is 18.6 Å². The van der Waals surface area contributed by atoms with Gasteiger partial charge in [0.05, 0.1) is 22.1 Å². The molecule has 16 rings (SSSR count). The van der Waals surface area contributed by atoms with E-state index in [9.17, 15) is 0 Å². The second-order valence-electron chi connectivity index (χ2n) is 35.1. The van der Waals surface area contributed by atoms with E-state index in [1.807, 2.05) is 0 Å². The van der Waals surface area contributed by atoms with Crippen molar-refractivity contribution in [2.75, 3.05) is 9.80 Å². The predicted molar refractivity (Wildman–Crippen MR) is 434 cm³/mol. The molecule has 0 fully saturated rings. The number of benzene rings is 12. The first-order valence-corrected chi connectivity index (χ1v) is 36.4. The number of furan rings is 2. The summed E-state index contributed by atoms with van der Waals surface area (Å²) in [7, 11) is 0. The van der Waals surface area contributed by atoms with Gasteiger partial charge in [0.25, 0.3) is 6.71 Å². The van der Waals surface area contributed by atoms with E-state index in [2.05, 4.69) is 371 Å². The van der Waals surface area contributed by atoms with Gasteiger partial charge in [-0.3, -0.25) is 0 Å². The highest BCUT2D eigenvalue weighted by atomic mass is 16.3. The molecule has 0 spiro atoms. The molecule has 0 N–H and O–H groups in total. The van der Waals surface area contributed by atoms with Crippen LogP contribution in [0, 0.1) is 0 Å². The summed E-state index contributed by atoms with van der Waals surface area (Å²) in [5.74, 6) is 0. The summed E-state index contributed by atoms with van der Waals surface area (Å²) in [6, 6.07) is 90.5. The number of rotatable bonds is 7. The van der Waals surface area contributed by atoms with Crippen molar-refractivity contribution in [3.05, 3.63) is 270 Å². The summed E-state index contributed by atoms with van der Waals surface area (Å²) in [5, 5.41) is 4.29. The molecule has 0 amide bonds. The van der Waals surface area contributed by atoms with Crippen LogP contribution in [0.3, 0.4) is 0 Å². The van der Waals surface area contributed by atoms with Crippen molar-refractivity contribution in [2.24, 2.45) is 0 Å². The highest BCUT2D eigenvalue weighted by Gasteiger charge is 2.45. The molecule has 0 atom stereocenters. The Hall–Kier alpha value is -10.1. The van der Waals surface area contributed by atoms with Crippen LogP contribution in [0.5, 0.6) is 0 Å². The third-order valence-electron chi connectivity index (χ3n) is 21.7. The molecule has 0 unspecified atom stereocenters. The average molecular weight is 1320 g/mol. The van der Waals surface area contributed by atoms with Gasteiger partial charge in [-0.25, -0.2) is 0 Å². The van der Waals surface area contributed by atoms with E-state index < -0.39 is 0 Å². The van der Waals surface area contributed by atoms with Crippen LogP contribution in [-0.2, 0) is 32.5 Å². The van der Waals surface area contributed by atoms with E-state index in [1.54, 1.807) is 0 Å². The minimum Gasteiger partial charge on any atom is -0.456 e. The van der Waals surface area contributed by atoms with Crippen molar-refractivity contribution in [3.63, 3.8) is 0 Å². The molecule has 101 heavy (non-hydrogen) atoms. The maximum Gasteiger partial charge on any atom is 0.252 e. The number of nitrogens with zero attached hydrogens (tertiary/aromatic N) is 2. The summed E-state index contributed by atoms with van der Waals surface area (Å²) in [6.07, 6.45) is 0. The van der Waals surface area contributed by atoms with Crippen molar-refractivity contribution in [1.29, 1.82) is 0 Å². The van der Waals surface area contributed by atoms with Crippen molar-refractivity contribution in [1.82, 2.24) is 0 Å². The average Bonchev–Trinajstić information content (AvgIpc) is 1.34. The fourth-order valence-corrected chi connectivity index (χ4v) is 15.6. The normalized spacial score (nSPS) is 13.6. The lowest BCUT2D eigenvalue weighted by Crippen LogP contribution is -2.61. The van der Waals surface area contributed by atoms with Crippen molar-refractivity contribution >= 4 is 101 Å². The third kappa shape index (κ3) is 11.5. The SMILES string of the molecule is CC(C)(C)c1cc(-c2cc3c4c(c2)N(c2cccc5oc6ccc(-c7cc(C(C)(C)C)cc(C(C)(C)C)c7)cc6c25)c2ccc(-c5ccccc5)cc2B4c2cc(-c4ccccc4)ccc2N3c2cccc3oc4ccc(-c5cc(C(C)(C)C)cc(C(C)(C)C)c5)cc4c23)cc(C(C)(C)C)c1. The topological polar surface area (TPSA) is 32.8 Å². The first-order chi connectivity index (χ1) is 47.8. The Labute approximate surface area is 598 Å². The van der Waals surface area contributed by atoms with Gasteiger partial charge >= 0.3 is 0 Å². The third-order valence-corrected chi connectivity index (χ3v) is 21.7. The van der Waals surface area contributed by atoms with Gasteiger partial charge in [0, 0.05) is 33.5 Å². The number of hydrogen-bond donors (Lipinski definition) is 0. The summed E-state index contributed by atoms with van der Waals surface area (Å²) in [4.78, 5) is 5.23. The maximum absolute atomic E-state index is 7.12. The molecule has 0 aliphatic carbocycles. The van der Waals surface area contributed by atoms with Crippen LogP contribution in [0.2, 0.25) is 0 Å². The van der Waals surface area contributed by atoms with E-state index >= 15 is 0 Å². The molecule has 12 aromatic carbocycles. The minimum absolute atomic E-state index is 0.0526. The molecule has 2 aliphatic rings. The number of hydrogen-bond acceptors (Lipinski definition) is 4. The molecule has 4 heterocycles. The van der Waals surface area contributed by atoms with Crippen LogP contribution in [-0.4, -0.2) is 6.71 Å². The largest absolute Gasteiger partial charge is 0.456 e. The van der Waals surface area contributed by atoms with Crippen LogP contribution in [0.1, 0.15) is 158 Å². The second kappa shape index (κ2) is 23.2. The molecule has 0 radical (unpaired) electrons. The van der Waals surface area contributed by atoms with E-state index in [-0.39, 0.29) is 39.2 Å². The van der Waals surface area contributed by atoms with Crippen LogP contribution in [0.15, 0.2) is 245 Å². The molecule has 2 aliphatic heterocycles. The van der Waals surface area contributed by atoms with E-state index in [0.29, 0.717) is 0 Å². The zero-order chi connectivity index (χ0) is 70.8. The fraction of sp³-hybridized carbons (Fsp3) is 0.250. The molecule has 502 valence electrons. The van der Waals surface area contributed by atoms with Gasteiger partial charge in [0.2, 0.25) is 0 Å². The van der Waals surface area contributed by atoms with Crippen LogP contribution < -0.4 is 26.2 Å². The van der Waals surface area contributed by atoms with Crippen LogP contribution in [0.25, 0.3) is 99.5 Å². The molecule has 0 bridgehead atoms. The molecule has 2 aromatic heterocycles. The highest BCUT2D eigenvalue weighted by molar-refractivity contribution is 7.00. The summed E-state index contributed by atoms with van der Waals surface area (Å²) in [5.41, 5.74) is 32.8. The standard InChI is InChI=1S/C96H93BN2O2/c1-91(2,3)68-43-64(44-69(55-68)92(4,5)6)60-37-41-84-74(49-60)88-80(31-25-33-86(88)100-84)98-78-39-35-62(58-27-21-19-22-28-58)51-76(78)97-77-52-63(59-29-23-20-24-30-59)36-40-79(77)99(83-54-67(53-82(98)90(83)97)66-47-72(95(13,14)15)57-73(48-66)96(16,17)18)81-32-26-34-87-89(81)75-50-61(38-42-85(75)101-87)65-45-70(93(7,8)9)56-71(46-65)94(10,11)12/h19-57H,1-18H3. The zero-order valence-corrected chi connectivity index (χ0v) is 62.3. The van der Waals surface area contributed by atoms with E-state index in [0.717, 1.165) is 94.7 Å². The second-order valence-corrected chi connectivity index (χ2v) is 35.1. The lowest BCUT2D eigenvalue weighted by molar-refractivity contribution is 0.568. The molecular formula is C96H93BN2O2. The smallest absolute Gasteiger partial charge is 0.252 e. The Morgan fingerprint density at radius 2 is 0.535 bits per heavy atom. The van der Waals surface area contributed by atoms with Gasteiger partial charge in [-0.05, 0) is 211 Å². The summed E-state index contributed by atoms with van der Waals surface area (Å²) < 4.78 is 14.2. The number of anilines is 6. The highest BCUT2D eigenvalue weighted by Crippen LogP contribution is 2.53. The van der Waals surface area contributed by atoms with Gasteiger partial charge in [0.15, 0.2) is 0 Å². The Morgan fingerprint density at radius 3 is 0.871 bits per heavy atom. The zero-order valence-electron chi connectivity index (χ0n) is 62.3. The Morgan fingerprint density at radius 1 is 0.228 bits per heavy atom. The van der Waals surface area contributed by atoms with Crippen molar-refractivity contribution in [3.8, 4) is 55.6 Å². The lowest BCUT2D eigenvalue weighted by atomic mass is 9.33. The predicted octanol–water partition coefficient (Wildman–Crippen LogP) is 25.7. The van der Waals surface area contributed by atoms with E-state index in [1.165, 1.54) is 88.7 Å². The Kier molecular flexibility index (Phi) is 15.1. The van der Waals surface area contributed by atoms with Gasteiger partial charge in [-0.2, -0.15) is 0 Å². The van der Waals surface area contributed by atoms with Gasteiger partial charge in [-0.15, -0.1) is 0 Å². The minimum atomic E-state index is -0.220. The molecule has 0 saturated carbocycles. The quantitative estimate of drug-likeness (QED) is 0.149. The Balaban J connectivity index is 1.03.